The molecule has 0 radical (unpaired) electrons. The molecule has 1 aromatic heterocycles. The van der Waals surface area contributed by atoms with Gasteiger partial charge in [0.15, 0.2) is 11.0 Å². The van der Waals surface area contributed by atoms with Crippen LogP contribution in [0.1, 0.15) is 12.8 Å². The van der Waals surface area contributed by atoms with Crippen molar-refractivity contribution in [1.82, 2.24) is 14.8 Å². The number of hydrogen-bond donors (Lipinski definition) is 1. The second-order valence-corrected chi connectivity index (χ2v) is 8.37. The quantitative estimate of drug-likeness (QED) is 0.509. The van der Waals surface area contributed by atoms with E-state index in [0.717, 1.165) is 18.4 Å². The number of carbonyl (C=O) groups is 1. The number of ether oxygens (including phenoxy) is 1. The second-order valence-electron chi connectivity index (χ2n) is 7.02. The maximum Gasteiger partial charge on any atom is 0.234 e. The van der Waals surface area contributed by atoms with Gasteiger partial charge in [0.25, 0.3) is 0 Å². The Labute approximate surface area is 187 Å². The first-order valence-electron chi connectivity index (χ1n) is 9.68. The Bertz CT molecular complexity index is 1070. The van der Waals surface area contributed by atoms with Gasteiger partial charge in [-0.1, -0.05) is 23.4 Å². The van der Waals surface area contributed by atoms with E-state index in [1.54, 1.807) is 12.1 Å². The largest absolute Gasteiger partial charge is 0.376 e. The van der Waals surface area contributed by atoms with Crippen molar-refractivity contribution in [2.24, 2.45) is 0 Å². The molecule has 1 atom stereocenters. The minimum Gasteiger partial charge on any atom is -0.376 e. The molecule has 1 fully saturated rings. The molecule has 2 aromatic carbocycles. The molecule has 162 valence electrons. The Morgan fingerprint density at radius 1 is 1.23 bits per heavy atom. The Morgan fingerprint density at radius 2 is 2.03 bits per heavy atom. The van der Waals surface area contributed by atoms with Crippen LogP contribution in [0.3, 0.4) is 0 Å². The zero-order valence-corrected chi connectivity index (χ0v) is 17.9. The van der Waals surface area contributed by atoms with Gasteiger partial charge in [-0.3, -0.25) is 9.36 Å². The van der Waals surface area contributed by atoms with Gasteiger partial charge in [-0.15, -0.1) is 10.2 Å². The van der Waals surface area contributed by atoms with E-state index in [1.165, 1.54) is 42.1 Å². The van der Waals surface area contributed by atoms with Crippen molar-refractivity contribution in [3.05, 3.63) is 59.1 Å². The van der Waals surface area contributed by atoms with Gasteiger partial charge in [0, 0.05) is 17.9 Å². The zero-order valence-electron chi connectivity index (χ0n) is 16.4. The fourth-order valence-corrected chi connectivity index (χ4v) is 4.19. The van der Waals surface area contributed by atoms with Gasteiger partial charge in [-0.05, 0) is 55.3 Å². The molecule has 6 nitrogen and oxygen atoms in total. The summed E-state index contributed by atoms with van der Waals surface area (Å²) in [6.45, 7) is 1.25. The van der Waals surface area contributed by atoms with Gasteiger partial charge in [0.2, 0.25) is 5.91 Å². The van der Waals surface area contributed by atoms with Gasteiger partial charge in [0.05, 0.1) is 23.4 Å². The average molecular weight is 465 g/mol. The molecule has 1 aliphatic heterocycles. The normalized spacial score (nSPS) is 15.9. The van der Waals surface area contributed by atoms with E-state index < -0.39 is 5.82 Å². The van der Waals surface area contributed by atoms with E-state index >= 15 is 0 Å². The van der Waals surface area contributed by atoms with Crippen LogP contribution >= 0.6 is 23.4 Å². The third-order valence-corrected chi connectivity index (χ3v) is 6.02. The number of nitrogens with zero attached hydrogens (tertiary/aromatic N) is 3. The van der Waals surface area contributed by atoms with E-state index in [1.807, 2.05) is 4.57 Å². The standard InChI is InChI=1S/C21H19ClF2N4O2S/c22-17-10-15(7-8-18(17)24)25-19(29)12-31-21-27-26-20(13-3-5-14(23)6-4-13)28(21)11-16-2-1-9-30-16/h3-8,10,16H,1-2,9,11-12H2,(H,25,29). The lowest BCUT2D eigenvalue weighted by Crippen LogP contribution is -2.18. The predicted molar refractivity (Wildman–Crippen MR) is 115 cm³/mol. The third kappa shape index (κ3) is 5.41. The van der Waals surface area contributed by atoms with Crippen molar-refractivity contribution in [1.29, 1.82) is 0 Å². The average Bonchev–Trinajstić information content (AvgIpc) is 3.40. The number of thioether (sulfide) groups is 1. The Morgan fingerprint density at radius 3 is 2.74 bits per heavy atom. The molecule has 1 unspecified atom stereocenters. The van der Waals surface area contributed by atoms with Crippen molar-refractivity contribution in [2.75, 3.05) is 17.7 Å². The maximum absolute atomic E-state index is 13.3. The fraction of sp³-hybridized carbons (Fsp3) is 0.286. The summed E-state index contributed by atoms with van der Waals surface area (Å²) >= 11 is 6.98. The van der Waals surface area contributed by atoms with Crippen LogP contribution in [0.25, 0.3) is 11.4 Å². The van der Waals surface area contributed by atoms with E-state index in [0.29, 0.717) is 29.8 Å². The van der Waals surface area contributed by atoms with Crippen LogP contribution in [0.5, 0.6) is 0 Å². The third-order valence-electron chi connectivity index (χ3n) is 4.77. The number of amides is 1. The molecule has 1 saturated heterocycles. The van der Waals surface area contributed by atoms with Crippen LogP contribution in [0.2, 0.25) is 5.02 Å². The molecule has 1 N–H and O–H groups in total. The lowest BCUT2D eigenvalue weighted by molar-refractivity contribution is -0.113. The van der Waals surface area contributed by atoms with Crippen LogP contribution in [0, 0.1) is 11.6 Å². The molecule has 0 saturated carbocycles. The fourth-order valence-electron chi connectivity index (χ4n) is 3.27. The Kier molecular flexibility index (Phi) is 6.84. The Hall–Kier alpha value is -2.49. The minimum atomic E-state index is -0.551. The second kappa shape index (κ2) is 9.76. The molecule has 1 amide bonds. The lowest BCUT2D eigenvalue weighted by Gasteiger charge is -2.14. The topological polar surface area (TPSA) is 69.0 Å². The molecule has 0 bridgehead atoms. The van der Waals surface area contributed by atoms with Crippen molar-refractivity contribution >= 4 is 35.0 Å². The summed E-state index contributed by atoms with van der Waals surface area (Å²) in [7, 11) is 0. The summed E-state index contributed by atoms with van der Waals surface area (Å²) in [5, 5.41) is 11.7. The van der Waals surface area contributed by atoms with Crippen molar-refractivity contribution in [3.8, 4) is 11.4 Å². The Balaban J connectivity index is 1.49. The van der Waals surface area contributed by atoms with Crippen molar-refractivity contribution in [2.45, 2.75) is 30.6 Å². The molecule has 1 aliphatic rings. The number of rotatable bonds is 7. The molecular formula is C21H19ClF2N4O2S. The van der Waals surface area contributed by atoms with Crippen LogP contribution in [-0.4, -0.2) is 39.1 Å². The monoisotopic (exact) mass is 464 g/mol. The van der Waals surface area contributed by atoms with Crippen LogP contribution in [0.4, 0.5) is 14.5 Å². The molecule has 3 aromatic rings. The number of benzene rings is 2. The summed E-state index contributed by atoms with van der Waals surface area (Å²) < 4.78 is 34.3. The number of carbonyl (C=O) groups excluding carboxylic acids is 1. The van der Waals surface area contributed by atoms with Crippen molar-refractivity contribution in [3.63, 3.8) is 0 Å². The van der Waals surface area contributed by atoms with Crippen LogP contribution in [0.15, 0.2) is 47.6 Å². The number of aromatic nitrogens is 3. The highest BCUT2D eigenvalue weighted by Crippen LogP contribution is 2.27. The molecular weight excluding hydrogens is 446 g/mol. The predicted octanol–water partition coefficient (Wildman–Crippen LogP) is 4.79. The van der Waals surface area contributed by atoms with Gasteiger partial charge in [-0.2, -0.15) is 0 Å². The van der Waals surface area contributed by atoms with Gasteiger partial charge in [0.1, 0.15) is 11.6 Å². The van der Waals surface area contributed by atoms with Gasteiger partial charge >= 0.3 is 0 Å². The number of nitrogens with one attached hydrogen (secondary N) is 1. The van der Waals surface area contributed by atoms with E-state index in [-0.39, 0.29) is 28.6 Å². The van der Waals surface area contributed by atoms with E-state index in [4.69, 9.17) is 16.3 Å². The van der Waals surface area contributed by atoms with Crippen LogP contribution < -0.4 is 5.32 Å². The summed E-state index contributed by atoms with van der Waals surface area (Å²) in [5.74, 6) is -0.515. The number of hydrogen-bond acceptors (Lipinski definition) is 5. The first-order chi connectivity index (χ1) is 15.0. The highest BCUT2D eigenvalue weighted by Gasteiger charge is 2.22. The smallest absolute Gasteiger partial charge is 0.234 e. The summed E-state index contributed by atoms with van der Waals surface area (Å²) in [4.78, 5) is 12.4. The highest BCUT2D eigenvalue weighted by molar-refractivity contribution is 7.99. The van der Waals surface area contributed by atoms with Gasteiger partial charge in [-0.25, -0.2) is 8.78 Å². The van der Waals surface area contributed by atoms with E-state index in [9.17, 15) is 13.6 Å². The number of halogens is 3. The molecule has 0 spiro atoms. The van der Waals surface area contributed by atoms with Gasteiger partial charge < -0.3 is 10.1 Å². The van der Waals surface area contributed by atoms with Crippen molar-refractivity contribution < 1.29 is 18.3 Å². The molecule has 2 heterocycles. The summed E-state index contributed by atoms with van der Waals surface area (Å²) in [6.07, 6.45) is 1.95. The highest BCUT2D eigenvalue weighted by atomic mass is 35.5. The maximum atomic E-state index is 13.3. The molecule has 10 heteroatoms. The molecule has 31 heavy (non-hydrogen) atoms. The minimum absolute atomic E-state index is 0.0322. The summed E-state index contributed by atoms with van der Waals surface area (Å²) in [6, 6.07) is 10.0. The SMILES string of the molecule is O=C(CSc1nnc(-c2ccc(F)cc2)n1CC1CCCO1)Nc1ccc(F)c(Cl)c1. The molecule has 4 rings (SSSR count). The van der Waals surface area contributed by atoms with Crippen LogP contribution in [-0.2, 0) is 16.1 Å². The summed E-state index contributed by atoms with van der Waals surface area (Å²) in [5.41, 5.74) is 1.13. The zero-order chi connectivity index (χ0) is 21.8. The molecule has 0 aliphatic carbocycles. The number of anilines is 1. The first kappa shape index (κ1) is 21.7. The van der Waals surface area contributed by atoms with E-state index in [2.05, 4.69) is 15.5 Å². The lowest BCUT2D eigenvalue weighted by atomic mass is 10.2. The first-order valence-corrected chi connectivity index (χ1v) is 11.0.